The molecule has 0 amide bonds. The van der Waals surface area contributed by atoms with Gasteiger partial charge >= 0.3 is 6.36 Å². The summed E-state index contributed by atoms with van der Waals surface area (Å²) in [6.07, 6.45) is 2.34. The van der Waals surface area contributed by atoms with Gasteiger partial charge in [-0.15, -0.1) is 13.2 Å². The number of halogens is 4. The van der Waals surface area contributed by atoms with Crippen LogP contribution in [-0.4, -0.2) is 16.7 Å². The Morgan fingerprint density at radius 1 is 1.19 bits per heavy atom. The van der Waals surface area contributed by atoms with Crippen molar-refractivity contribution in [1.82, 2.24) is 4.57 Å². The first-order valence-electron chi connectivity index (χ1n) is 9.77. The summed E-state index contributed by atoms with van der Waals surface area (Å²) in [7, 11) is 0. The summed E-state index contributed by atoms with van der Waals surface area (Å²) >= 11 is 5.94. The molecule has 32 heavy (non-hydrogen) atoms. The maximum Gasteiger partial charge on any atom is 0.573 e. The lowest BCUT2D eigenvalue weighted by molar-refractivity contribution is -0.274. The minimum absolute atomic E-state index is 0.240. The van der Waals surface area contributed by atoms with Crippen molar-refractivity contribution in [2.75, 3.05) is 0 Å². The number of hydrogen-bond donors (Lipinski definition) is 0. The minimum atomic E-state index is -4.82. The summed E-state index contributed by atoms with van der Waals surface area (Å²) in [5, 5.41) is 1.04. The summed E-state index contributed by atoms with van der Waals surface area (Å²) in [5.74, 6) is -0.589. The van der Waals surface area contributed by atoms with E-state index in [0.717, 1.165) is 5.57 Å². The lowest BCUT2D eigenvalue weighted by Gasteiger charge is -2.12. The van der Waals surface area contributed by atoms with E-state index in [1.807, 2.05) is 23.6 Å². The Labute approximate surface area is 189 Å². The van der Waals surface area contributed by atoms with Crippen LogP contribution in [0.3, 0.4) is 0 Å². The number of rotatable bonds is 7. The van der Waals surface area contributed by atoms with Crippen molar-refractivity contribution in [3.8, 4) is 5.75 Å². The highest BCUT2D eigenvalue weighted by atomic mass is 35.5. The summed E-state index contributed by atoms with van der Waals surface area (Å²) < 4.78 is 44.3. The largest absolute Gasteiger partial charge is 0.573 e. The monoisotopic (exact) mass is 459 g/mol. The Balaban J connectivity index is 2.20. The van der Waals surface area contributed by atoms with E-state index in [-0.39, 0.29) is 11.5 Å². The molecule has 0 unspecified atom stereocenters. The van der Waals surface area contributed by atoms with Gasteiger partial charge in [0.25, 0.3) is 0 Å². The highest BCUT2D eigenvalue weighted by Crippen LogP contribution is 2.33. The van der Waals surface area contributed by atoms with E-state index in [9.17, 15) is 18.0 Å². The molecule has 7 heteroatoms. The summed E-state index contributed by atoms with van der Waals surface area (Å²) in [5.41, 5.74) is 2.86. The molecule has 166 valence electrons. The predicted octanol–water partition coefficient (Wildman–Crippen LogP) is 7.42. The fraction of sp³-hybridized carbons (Fsp3) is 0.160. The number of ether oxygens (including phenoxy) is 1. The number of fused-ring (bicyclic) bond motifs is 1. The smallest absolute Gasteiger partial charge is 0.406 e. The van der Waals surface area contributed by atoms with E-state index in [4.69, 9.17) is 11.6 Å². The Kier molecular flexibility index (Phi) is 6.94. The zero-order valence-corrected chi connectivity index (χ0v) is 18.3. The number of hydrogen-bond acceptors (Lipinski definition) is 2. The van der Waals surface area contributed by atoms with E-state index in [1.54, 1.807) is 43.3 Å². The van der Waals surface area contributed by atoms with Gasteiger partial charge in [-0.3, -0.25) is 4.79 Å². The zero-order chi connectivity index (χ0) is 23.5. The number of ketones is 1. The van der Waals surface area contributed by atoms with Gasteiger partial charge in [-0.05, 0) is 55.8 Å². The van der Waals surface area contributed by atoms with Crippen LogP contribution < -0.4 is 4.74 Å². The lowest BCUT2D eigenvalue weighted by atomic mass is 10.0. The van der Waals surface area contributed by atoms with Crippen LogP contribution in [0, 0.1) is 6.92 Å². The highest BCUT2D eigenvalue weighted by molar-refractivity contribution is 6.30. The average molecular weight is 460 g/mol. The third kappa shape index (κ3) is 5.14. The fourth-order valence-corrected chi connectivity index (χ4v) is 3.63. The summed E-state index contributed by atoms with van der Waals surface area (Å²) in [6, 6.07) is 10.5. The number of benzene rings is 2. The number of alkyl halides is 3. The molecule has 0 N–H and O–H groups in total. The Hall–Kier alpha value is -3.25. The van der Waals surface area contributed by atoms with Crippen LogP contribution in [0.15, 0.2) is 78.9 Å². The zero-order valence-electron chi connectivity index (χ0n) is 17.5. The maximum absolute atomic E-state index is 13.3. The van der Waals surface area contributed by atoms with Gasteiger partial charge < -0.3 is 9.30 Å². The van der Waals surface area contributed by atoms with Gasteiger partial charge in [-0.1, -0.05) is 42.5 Å². The molecule has 3 aromatic rings. The molecule has 0 saturated carbocycles. The van der Waals surface area contributed by atoms with Crippen LogP contribution in [0.2, 0.25) is 5.02 Å². The van der Waals surface area contributed by atoms with E-state index >= 15 is 0 Å². The molecule has 0 aliphatic carbocycles. The van der Waals surface area contributed by atoms with E-state index in [1.165, 1.54) is 18.2 Å². The number of allylic oxidation sites excluding steroid dienone is 5. The van der Waals surface area contributed by atoms with E-state index in [2.05, 4.69) is 11.3 Å². The van der Waals surface area contributed by atoms with Crippen LogP contribution in [0.1, 0.15) is 28.5 Å². The van der Waals surface area contributed by atoms with Gasteiger partial charge in [-0.25, -0.2) is 0 Å². The van der Waals surface area contributed by atoms with Crippen molar-refractivity contribution in [3.05, 3.63) is 101 Å². The molecule has 1 aromatic heterocycles. The molecular formula is C25H21ClF3NO2. The van der Waals surface area contributed by atoms with Gasteiger partial charge in [0.2, 0.25) is 0 Å². The molecule has 0 bridgehead atoms. The Morgan fingerprint density at radius 3 is 2.47 bits per heavy atom. The molecule has 0 radical (unpaired) electrons. The third-order valence-corrected chi connectivity index (χ3v) is 5.27. The molecule has 0 spiro atoms. The first-order valence-corrected chi connectivity index (χ1v) is 10.2. The molecule has 3 nitrogen and oxygen atoms in total. The summed E-state index contributed by atoms with van der Waals surface area (Å²) in [6.45, 7) is 7.65. The summed E-state index contributed by atoms with van der Waals surface area (Å²) in [4.78, 5) is 13.3. The molecule has 1 heterocycles. The van der Waals surface area contributed by atoms with E-state index in [0.29, 0.717) is 39.3 Å². The predicted molar refractivity (Wildman–Crippen MR) is 121 cm³/mol. The molecule has 0 aliphatic rings. The SMILES string of the molecule is C=C/C=C\C(=C/C)Cn1c(C)c(C(=O)c2ccc(Cl)cc2)c2ccc(OC(F)(F)F)cc21. The second-order valence-corrected chi connectivity index (χ2v) is 7.50. The molecule has 2 aromatic carbocycles. The standard InChI is InChI=1S/C25H21ClF3NO2/c1-4-6-7-17(5-2)15-30-16(3)23(24(31)18-8-10-19(26)11-9-18)21-13-12-20(14-22(21)30)32-25(27,28)29/h4-14H,1,15H2,2-3H3/b7-6-,17-5+. The fourth-order valence-electron chi connectivity index (χ4n) is 3.50. The third-order valence-electron chi connectivity index (χ3n) is 5.02. The Morgan fingerprint density at radius 2 is 1.88 bits per heavy atom. The maximum atomic E-state index is 13.3. The molecule has 0 aliphatic heterocycles. The van der Waals surface area contributed by atoms with Crippen LogP contribution in [0.25, 0.3) is 10.9 Å². The lowest BCUT2D eigenvalue weighted by Crippen LogP contribution is -2.17. The quantitative estimate of drug-likeness (QED) is 0.272. The van der Waals surface area contributed by atoms with Gasteiger partial charge in [0, 0.05) is 34.3 Å². The molecule has 3 rings (SSSR count). The van der Waals surface area contributed by atoms with Crippen molar-refractivity contribution >= 4 is 28.3 Å². The highest BCUT2D eigenvalue weighted by Gasteiger charge is 2.31. The first-order chi connectivity index (χ1) is 15.1. The topological polar surface area (TPSA) is 31.2 Å². The molecule has 0 saturated heterocycles. The van der Waals surface area contributed by atoms with Crippen molar-refractivity contribution in [2.24, 2.45) is 0 Å². The molecule has 0 fully saturated rings. The molecular weight excluding hydrogens is 439 g/mol. The Bertz CT molecular complexity index is 1220. The number of carbonyl (C=O) groups excluding carboxylic acids is 1. The van der Waals surface area contributed by atoms with Crippen molar-refractivity contribution in [1.29, 1.82) is 0 Å². The van der Waals surface area contributed by atoms with Crippen LogP contribution in [0.5, 0.6) is 5.75 Å². The van der Waals surface area contributed by atoms with Crippen molar-refractivity contribution < 1.29 is 22.7 Å². The van der Waals surface area contributed by atoms with Crippen LogP contribution in [0.4, 0.5) is 13.2 Å². The average Bonchev–Trinajstić information content (AvgIpc) is 3.00. The van der Waals surface area contributed by atoms with Crippen LogP contribution >= 0.6 is 11.6 Å². The number of carbonyl (C=O) groups is 1. The molecule has 0 atom stereocenters. The normalized spacial score (nSPS) is 12.5. The van der Waals surface area contributed by atoms with Crippen molar-refractivity contribution in [3.63, 3.8) is 0 Å². The number of nitrogens with zero attached hydrogens (tertiary/aromatic N) is 1. The van der Waals surface area contributed by atoms with Gasteiger partial charge in [0.15, 0.2) is 5.78 Å². The van der Waals surface area contributed by atoms with Gasteiger partial charge in [0.05, 0.1) is 11.1 Å². The minimum Gasteiger partial charge on any atom is -0.406 e. The number of aromatic nitrogens is 1. The van der Waals surface area contributed by atoms with E-state index < -0.39 is 6.36 Å². The van der Waals surface area contributed by atoms with Gasteiger partial charge in [-0.2, -0.15) is 0 Å². The van der Waals surface area contributed by atoms with Gasteiger partial charge in [0.1, 0.15) is 5.75 Å². The second-order valence-electron chi connectivity index (χ2n) is 7.07. The first kappa shape index (κ1) is 23.4. The van der Waals surface area contributed by atoms with Crippen LogP contribution in [-0.2, 0) is 6.54 Å². The second kappa shape index (κ2) is 9.49. The van der Waals surface area contributed by atoms with Crippen molar-refractivity contribution in [2.45, 2.75) is 26.8 Å².